The fourth-order valence-electron chi connectivity index (χ4n) is 2.24. The van der Waals surface area contributed by atoms with Crippen LogP contribution in [-0.4, -0.2) is 41.7 Å². The van der Waals surface area contributed by atoms with Gasteiger partial charge in [0.2, 0.25) is 0 Å². The van der Waals surface area contributed by atoms with Crippen LogP contribution in [0.2, 0.25) is 5.02 Å². The molecule has 1 aliphatic heterocycles. The molecular formula is C14H22ClN3O. The maximum absolute atomic E-state index is 6.26. The summed E-state index contributed by atoms with van der Waals surface area (Å²) in [4.78, 5) is 6.97. The lowest BCUT2D eigenvalue weighted by atomic mass is 10.0. The first-order valence-electron chi connectivity index (χ1n) is 6.75. The molecule has 2 rings (SSSR count). The summed E-state index contributed by atoms with van der Waals surface area (Å²) in [6.07, 6.45) is 0. The Balaban J connectivity index is 2.15. The summed E-state index contributed by atoms with van der Waals surface area (Å²) in [6, 6.07) is 3.83. The van der Waals surface area contributed by atoms with Crippen molar-refractivity contribution in [3.63, 3.8) is 0 Å². The quantitative estimate of drug-likeness (QED) is 0.922. The predicted octanol–water partition coefficient (Wildman–Crippen LogP) is 2.78. The van der Waals surface area contributed by atoms with Gasteiger partial charge in [-0.2, -0.15) is 0 Å². The predicted molar refractivity (Wildman–Crippen MR) is 78.7 cm³/mol. The zero-order valence-electron chi connectivity index (χ0n) is 11.9. The summed E-state index contributed by atoms with van der Waals surface area (Å²) < 4.78 is 5.54. The van der Waals surface area contributed by atoms with Gasteiger partial charge < -0.3 is 10.1 Å². The Hall–Kier alpha value is -0.840. The minimum absolute atomic E-state index is 0.0252. The van der Waals surface area contributed by atoms with Crippen molar-refractivity contribution in [2.24, 2.45) is 0 Å². The van der Waals surface area contributed by atoms with Crippen molar-refractivity contribution in [3.8, 4) is 0 Å². The van der Waals surface area contributed by atoms with Crippen molar-refractivity contribution in [1.29, 1.82) is 0 Å². The van der Waals surface area contributed by atoms with E-state index in [-0.39, 0.29) is 5.54 Å². The highest BCUT2D eigenvalue weighted by Crippen LogP contribution is 2.24. The van der Waals surface area contributed by atoms with E-state index in [4.69, 9.17) is 16.3 Å². The summed E-state index contributed by atoms with van der Waals surface area (Å²) in [7, 11) is 0. The van der Waals surface area contributed by atoms with Crippen molar-refractivity contribution in [3.05, 3.63) is 22.8 Å². The molecule has 0 saturated carbocycles. The minimum atomic E-state index is 0.0252. The van der Waals surface area contributed by atoms with Crippen LogP contribution in [0.25, 0.3) is 0 Å². The number of anilines is 1. The largest absolute Gasteiger partial charge is 0.378 e. The van der Waals surface area contributed by atoms with E-state index in [1.807, 2.05) is 12.1 Å². The Bertz CT molecular complexity index is 437. The summed E-state index contributed by atoms with van der Waals surface area (Å²) in [6.45, 7) is 10.5. The van der Waals surface area contributed by atoms with E-state index in [0.29, 0.717) is 0 Å². The van der Waals surface area contributed by atoms with Gasteiger partial charge in [-0.3, -0.25) is 4.90 Å². The minimum Gasteiger partial charge on any atom is -0.378 e. The molecule has 0 spiro atoms. The van der Waals surface area contributed by atoms with Gasteiger partial charge in [-0.15, -0.1) is 0 Å². The SMILES string of the molecule is CCNc1ccc(Cl)c(CN2CCOCC2(C)C)n1. The van der Waals surface area contributed by atoms with E-state index >= 15 is 0 Å². The zero-order valence-corrected chi connectivity index (χ0v) is 12.6. The number of hydrogen-bond donors (Lipinski definition) is 1. The van der Waals surface area contributed by atoms with Gasteiger partial charge in [0.1, 0.15) is 5.82 Å². The second kappa shape index (κ2) is 6.07. The first-order chi connectivity index (χ1) is 9.03. The molecule has 0 radical (unpaired) electrons. The Kier molecular flexibility index (Phi) is 4.66. The molecule has 2 heterocycles. The molecule has 1 N–H and O–H groups in total. The third-order valence-corrected chi connectivity index (χ3v) is 3.78. The lowest BCUT2D eigenvalue weighted by molar-refractivity contribution is -0.0557. The van der Waals surface area contributed by atoms with Crippen LogP contribution in [-0.2, 0) is 11.3 Å². The molecule has 5 heteroatoms. The van der Waals surface area contributed by atoms with Crippen molar-refractivity contribution in [1.82, 2.24) is 9.88 Å². The molecule has 106 valence electrons. The lowest BCUT2D eigenvalue weighted by Gasteiger charge is -2.42. The van der Waals surface area contributed by atoms with Gasteiger partial charge in [-0.25, -0.2) is 4.98 Å². The number of rotatable bonds is 4. The third-order valence-electron chi connectivity index (χ3n) is 3.43. The van der Waals surface area contributed by atoms with Crippen molar-refractivity contribution < 1.29 is 4.74 Å². The first-order valence-corrected chi connectivity index (χ1v) is 7.13. The van der Waals surface area contributed by atoms with E-state index in [2.05, 4.69) is 36.0 Å². The van der Waals surface area contributed by atoms with Crippen LogP contribution >= 0.6 is 11.6 Å². The second-order valence-electron chi connectivity index (χ2n) is 5.44. The first kappa shape index (κ1) is 14.6. The summed E-state index contributed by atoms with van der Waals surface area (Å²) >= 11 is 6.26. The highest BCUT2D eigenvalue weighted by Gasteiger charge is 2.31. The molecular weight excluding hydrogens is 262 g/mol. The molecule has 0 aliphatic carbocycles. The van der Waals surface area contributed by atoms with Crippen LogP contribution in [0, 0.1) is 0 Å². The summed E-state index contributed by atoms with van der Waals surface area (Å²) in [5.74, 6) is 0.882. The number of ether oxygens (including phenoxy) is 1. The van der Waals surface area contributed by atoms with E-state index in [1.54, 1.807) is 0 Å². The topological polar surface area (TPSA) is 37.4 Å². The van der Waals surface area contributed by atoms with Gasteiger partial charge in [0.05, 0.1) is 23.9 Å². The number of aromatic nitrogens is 1. The number of nitrogens with one attached hydrogen (secondary N) is 1. The molecule has 1 fully saturated rings. The van der Waals surface area contributed by atoms with E-state index in [0.717, 1.165) is 49.4 Å². The number of morpholine rings is 1. The second-order valence-corrected chi connectivity index (χ2v) is 5.85. The Morgan fingerprint density at radius 2 is 2.26 bits per heavy atom. The molecule has 1 aromatic heterocycles. The smallest absolute Gasteiger partial charge is 0.126 e. The van der Waals surface area contributed by atoms with E-state index in [1.165, 1.54) is 0 Å². The van der Waals surface area contributed by atoms with E-state index in [9.17, 15) is 0 Å². The monoisotopic (exact) mass is 283 g/mol. The normalized spacial score (nSPS) is 19.4. The molecule has 1 aliphatic rings. The fourth-order valence-corrected chi connectivity index (χ4v) is 2.40. The van der Waals surface area contributed by atoms with Gasteiger partial charge in [0.15, 0.2) is 0 Å². The van der Waals surface area contributed by atoms with Gasteiger partial charge in [0.25, 0.3) is 0 Å². The van der Waals surface area contributed by atoms with Crippen molar-refractivity contribution >= 4 is 17.4 Å². The Labute approximate surface area is 120 Å². The van der Waals surface area contributed by atoms with Crippen molar-refractivity contribution in [2.45, 2.75) is 32.9 Å². The Morgan fingerprint density at radius 3 is 2.95 bits per heavy atom. The molecule has 1 saturated heterocycles. The van der Waals surface area contributed by atoms with E-state index < -0.39 is 0 Å². The van der Waals surface area contributed by atoms with Crippen LogP contribution in [0.3, 0.4) is 0 Å². The highest BCUT2D eigenvalue weighted by molar-refractivity contribution is 6.31. The average Bonchev–Trinajstić information content (AvgIpc) is 2.36. The van der Waals surface area contributed by atoms with Crippen LogP contribution in [0.4, 0.5) is 5.82 Å². The van der Waals surface area contributed by atoms with Gasteiger partial charge >= 0.3 is 0 Å². The van der Waals surface area contributed by atoms with Crippen LogP contribution in [0.15, 0.2) is 12.1 Å². The Morgan fingerprint density at radius 1 is 1.47 bits per heavy atom. The molecule has 0 unspecified atom stereocenters. The lowest BCUT2D eigenvalue weighted by Crippen LogP contribution is -2.52. The molecule has 4 nitrogen and oxygen atoms in total. The molecule has 0 amide bonds. The average molecular weight is 284 g/mol. The van der Waals surface area contributed by atoms with Crippen molar-refractivity contribution in [2.75, 3.05) is 31.6 Å². The van der Waals surface area contributed by atoms with Gasteiger partial charge in [-0.1, -0.05) is 11.6 Å². The molecule has 0 aromatic carbocycles. The summed E-state index contributed by atoms with van der Waals surface area (Å²) in [5.41, 5.74) is 0.951. The van der Waals surface area contributed by atoms with Crippen LogP contribution < -0.4 is 5.32 Å². The number of nitrogens with zero attached hydrogens (tertiary/aromatic N) is 2. The van der Waals surface area contributed by atoms with Crippen LogP contribution in [0.1, 0.15) is 26.5 Å². The number of pyridine rings is 1. The molecule has 1 aromatic rings. The molecule has 19 heavy (non-hydrogen) atoms. The molecule has 0 bridgehead atoms. The highest BCUT2D eigenvalue weighted by atomic mass is 35.5. The number of halogens is 1. The summed E-state index contributed by atoms with van der Waals surface area (Å²) in [5, 5.41) is 3.95. The fraction of sp³-hybridized carbons (Fsp3) is 0.643. The van der Waals surface area contributed by atoms with Crippen LogP contribution in [0.5, 0.6) is 0 Å². The standard InChI is InChI=1S/C14H22ClN3O/c1-4-16-13-6-5-11(15)12(17-13)9-18-7-8-19-10-14(18,2)3/h5-6H,4,7-10H2,1-3H3,(H,16,17). The third kappa shape index (κ3) is 3.59. The number of hydrogen-bond acceptors (Lipinski definition) is 4. The van der Waals surface area contributed by atoms with Gasteiger partial charge in [-0.05, 0) is 32.9 Å². The molecule has 0 atom stereocenters. The maximum atomic E-state index is 6.26. The maximum Gasteiger partial charge on any atom is 0.126 e. The zero-order chi connectivity index (χ0) is 13.9. The van der Waals surface area contributed by atoms with Gasteiger partial charge in [0, 0.05) is 25.2 Å².